The minimum atomic E-state index is -0.462. The number of anilines is 4. The van der Waals surface area contributed by atoms with Crippen LogP contribution >= 0.6 is 0 Å². The molecule has 0 amide bonds. The first-order chi connectivity index (χ1) is 9.45. The summed E-state index contributed by atoms with van der Waals surface area (Å²) in [4.78, 5) is 12.3. The van der Waals surface area contributed by atoms with Gasteiger partial charge in [0.05, 0.1) is 4.92 Å². The SMILES string of the molecule is CN(C)c1ccc(Nc2cc(N)cc([N+](=O)[O-])c2)cc1. The smallest absolute Gasteiger partial charge is 0.273 e. The third-order valence-electron chi connectivity index (χ3n) is 2.82. The molecule has 0 aromatic heterocycles. The first-order valence-electron chi connectivity index (χ1n) is 6.05. The number of nitrogen functional groups attached to an aromatic ring is 1. The number of nitrogens with zero attached hydrogens (tertiary/aromatic N) is 2. The Labute approximate surface area is 117 Å². The lowest BCUT2D eigenvalue weighted by molar-refractivity contribution is -0.384. The van der Waals surface area contributed by atoms with Crippen LogP contribution in [0.4, 0.5) is 28.4 Å². The van der Waals surface area contributed by atoms with Gasteiger partial charge in [-0.2, -0.15) is 0 Å². The third kappa shape index (κ3) is 3.17. The molecule has 6 heteroatoms. The van der Waals surface area contributed by atoms with E-state index in [9.17, 15) is 10.1 Å². The number of non-ortho nitro benzene ring substituents is 1. The average molecular weight is 272 g/mol. The summed E-state index contributed by atoms with van der Waals surface area (Å²) in [6, 6.07) is 12.2. The molecule has 0 spiro atoms. The fourth-order valence-corrected chi connectivity index (χ4v) is 1.82. The van der Waals surface area contributed by atoms with Gasteiger partial charge in [-0.1, -0.05) is 0 Å². The van der Waals surface area contributed by atoms with E-state index in [2.05, 4.69) is 5.32 Å². The first kappa shape index (κ1) is 13.7. The van der Waals surface area contributed by atoms with Crippen LogP contribution in [0.25, 0.3) is 0 Å². The summed E-state index contributed by atoms with van der Waals surface area (Å²) in [7, 11) is 3.92. The highest BCUT2D eigenvalue weighted by molar-refractivity contribution is 5.68. The van der Waals surface area contributed by atoms with Crippen LogP contribution in [0.15, 0.2) is 42.5 Å². The van der Waals surface area contributed by atoms with Gasteiger partial charge in [0.1, 0.15) is 0 Å². The van der Waals surface area contributed by atoms with Crippen molar-refractivity contribution in [3.63, 3.8) is 0 Å². The summed E-state index contributed by atoms with van der Waals surface area (Å²) < 4.78 is 0. The van der Waals surface area contributed by atoms with Crippen molar-refractivity contribution < 1.29 is 4.92 Å². The predicted octanol–water partition coefficient (Wildman–Crippen LogP) is 2.99. The van der Waals surface area contributed by atoms with E-state index in [1.807, 2.05) is 43.3 Å². The lowest BCUT2D eigenvalue weighted by atomic mass is 10.2. The van der Waals surface area contributed by atoms with Gasteiger partial charge in [-0.3, -0.25) is 10.1 Å². The van der Waals surface area contributed by atoms with Gasteiger partial charge in [-0.05, 0) is 30.3 Å². The fraction of sp³-hybridized carbons (Fsp3) is 0.143. The lowest BCUT2D eigenvalue weighted by Crippen LogP contribution is -2.08. The van der Waals surface area contributed by atoms with Crippen LogP contribution in [0.5, 0.6) is 0 Å². The van der Waals surface area contributed by atoms with Crippen LogP contribution in [0, 0.1) is 10.1 Å². The minimum absolute atomic E-state index is 0.0302. The summed E-state index contributed by atoms with van der Waals surface area (Å²) in [6.45, 7) is 0. The molecule has 3 N–H and O–H groups in total. The van der Waals surface area contributed by atoms with Crippen LogP contribution in [0.2, 0.25) is 0 Å². The van der Waals surface area contributed by atoms with Gasteiger partial charge >= 0.3 is 0 Å². The highest BCUT2D eigenvalue weighted by Crippen LogP contribution is 2.26. The monoisotopic (exact) mass is 272 g/mol. The summed E-state index contributed by atoms with van der Waals surface area (Å²) in [5, 5.41) is 13.9. The van der Waals surface area contributed by atoms with Crippen molar-refractivity contribution in [1.82, 2.24) is 0 Å². The van der Waals surface area contributed by atoms with E-state index in [-0.39, 0.29) is 5.69 Å². The van der Waals surface area contributed by atoms with Crippen molar-refractivity contribution in [3.05, 3.63) is 52.6 Å². The number of nitrogens with two attached hydrogens (primary N) is 1. The largest absolute Gasteiger partial charge is 0.398 e. The molecule has 104 valence electrons. The molecule has 0 atom stereocenters. The maximum Gasteiger partial charge on any atom is 0.273 e. The van der Waals surface area contributed by atoms with E-state index in [0.29, 0.717) is 11.4 Å². The molecule has 0 unspecified atom stereocenters. The highest BCUT2D eigenvalue weighted by atomic mass is 16.6. The molecule has 0 aliphatic carbocycles. The van der Waals surface area contributed by atoms with Crippen LogP contribution in [0.1, 0.15) is 0 Å². The van der Waals surface area contributed by atoms with Crippen LogP contribution in [-0.2, 0) is 0 Å². The van der Waals surface area contributed by atoms with E-state index >= 15 is 0 Å². The zero-order chi connectivity index (χ0) is 14.7. The Kier molecular flexibility index (Phi) is 3.74. The molecule has 0 saturated carbocycles. The molecule has 0 bridgehead atoms. The summed E-state index contributed by atoms with van der Waals surface area (Å²) in [5.74, 6) is 0. The van der Waals surface area contributed by atoms with Crippen molar-refractivity contribution in [2.24, 2.45) is 0 Å². The normalized spacial score (nSPS) is 10.1. The molecule has 0 radical (unpaired) electrons. The van der Waals surface area contributed by atoms with Gasteiger partial charge < -0.3 is 16.0 Å². The Balaban J connectivity index is 2.23. The number of hydrogen-bond acceptors (Lipinski definition) is 5. The number of hydrogen-bond donors (Lipinski definition) is 2. The van der Waals surface area contributed by atoms with Crippen LogP contribution in [-0.4, -0.2) is 19.0 Å². The number of nitrogens with one attached hydrogen (secondary N) is 1. The average Bonchev–Trinajstić information content (AvgIpc) is 2.38. The van der Waals surface area contributed by atoms with Crippen molar-refractivity contribution in [1.29, 1.82) is 0 Å². The zero-order valence-corrected chi connectivity index (χ0v) is 11.3. The molecule has 0 heterocycles. The molecule has 6 nitrogen and oxygen atoms in total. The van der Waals surface area contributed by atoms with E-state index in [0.717, 1.165) is 11.4 Å². The minimum Gasteiger partial charge on any atom is -0.398 e. The van der Waals surface area contributed by atoms with Gasteiger partial charge in [-0.15, -0.1) is 0 Å². The molecule has 20 heavy (non-hydrogen) atoms. The Morgan fingerprint density at radius 2 is 1.75 bits per heavy atom. The summed E-state index contributed by atoms with van der Waals surface area (Å²) in [6.07, 6.45) is 0. The first-order valence-corrected chi connectivity index (χ1v) is 6.05. The molecule has 0 aliphatic heterocycles. The van der Waals surface area contributed by atoms with Crippen molar-refractivity contribution in [2.45, 2.75) is 0 Å². The molecule has 2 rings (SSSR count). The Morgan fingerprint density at radius 3 is 2.30 bits per heavy atom. The second-order valence-corrected chi connectivity index (χ2v) is 4.64. The molecule has 0 fully saturated rings. The molecule has 0 saturated heterocycles. The van der Waals surface area contributed by atoms with Gasteiger partial charge in [0.25, 0.3) is 5.69 Å². The quantitative estimate of drug-likeness (QED) is 0.508. The van der Waals surface area contributed by atoms with Crippen molar-refractivity contribution >= 4 is 28.4 Å². The lowest BCUT2D eigenvalue weighted by Gasteiger charge is -2.13. The van der Waals surface area contributed by atoms with Crippen LogP contribution < -0.4 is 16.0 Å². The van der Waals surface area contributed by atoms with Gasteiger partial charge in [0, 0.05) is 49.0 Å². The Bertz CT molecular complexity index is 624. The zero-order valence-electron chi connectivity index (χ0n) is 11.3. The molecular formula is C14H16N4O2. The van der Waals surface area contributed by atoms with Crippen molar-refractivity contribution in [3.8, 4) is 0 Å². The second-order valence-electron chi connectivity index (χ2n) is 4.64. The summed E-state index contributed by atoms with van der Waals surface area (Å²) in [5.41, 5.74) is 8.50. The van der Waals surface area contributed by atoms with Crippen LogP contribution in [0.3, 0.4) is 0 Å². The Hall–Kier alpha value is -2.76. The summed E-state index contributed by atoms with van der Waals surface area (Å²) >= 11 is 0. The second kappa shape index (κ2) is 5.48. The molecule has 2 aromatic carbocycles. The maximum absolute atomic E-state index is 10.8. The standard InChI is InChI=1S/C14H16N4O2/c1-17(2)13-5-3-11(4-6-13)16-12-7-10(15)8-14(9-12)18(19)20/h3-9,16H,15H2,1-2H3. The Morgan fingerprint density at radius 1 is 1.10 bits per heavy atom. The van der Waals surface area contributed by atoms with Gasteiger partial charge in [-0.25, -0.2) is 0 Å². The van der Waals surface area contributed by atoms with E-state index < -0.39 is 4.92 Å². The van der Waals surface area contributed by atoms with E-state index in [1.165, 1.54) is 12.1 Å². The van der Waals surface area contributed by atoms with Gasteiger partial charge in [0.2, 0.25) is 0 Å². The van der Waals surface area contributed by atoms with Gasteiger partial charge in [0.15, 0.2) is 0 Å². The predicted molar refractivity (Wildman–Crippen MR) is 81.6 cm³/mol. The molecule has 0 aliphatic rings. The van der Waals surface area contributed by atoms with E-state index in [4.69, 9.17) is 5.73 Å². The number of nitro benzene ring substituents is 1. The topological polar surface area (TPSA) is 84.4 Å². The molecule has 2 aromatic rings. The number of rotatable bonds is 4. The fourth-order valence-electron chi connectivity index (χ4n) is 1.82. The number of nitro groups is 1. The maximum atomic E-state index is 10.8. The highest BCUT2D eigenvalue weighted by Gasteiger charge is 2.08. The number of benzene rings is 2. The third-order valence-corrected chi connectivity index (χ3v) is 2.82. The van der Waals surface area contributed by atoms with E-state index in [1.54, 1.807) is 6.07 Å². The molecular weight excluding hydrogens is 256 g/mol. The van der Waals surface area contributed by atoms with Crippen molar-refractivity contribution in [2.75, 3.05) is 30.0 Å².